The second kappa shape index (κ2) is 9.40. The topological polar surface area (TPSA) is 77.9 Å². The number of amidine groups is 1. The lowest BCUT2D eigenvalue weighted by Crippen LogP contribution is -2.40. The molecule has 0 fully saturated rings. The van der Waals surface area contributed by atoms with Crippen LogP contribution in [0.2, 0.25) is 0 Å². The lowest BCUT2D eigenvalue weighted by atomic mass is 9.93. The standard InChI is InChI=1S/C24H25N5O2S/c1-16-21(23(31)28(2)3)22(17-9-5-4-6-10-17)29-19(15-32-24(29)27-16)13-20(30)26-14-18-11-7-8-12-25-18/h4-12,15,22H,13-14H2,1-3H3,(H,26,30). The molecule has 8 heteroatoms. The molecule has 0 radical (unpaired) electrons. The second-order valence-electron chi connectivity index (χ2n) is 7.78. The summed E-state index contributed by atoms with van der Waals surface area (Å²) in [6.07, 6.45) is 1.89. The predicted molar refractivity (Wildman–Crippen MR) is 126 cm³/mol. The number of nitrogens with one attached hydrogen (secondary N) is 1. The van der Waals surface area contributed by atoms with Crippen molar-refractivity contribution in [3.63, 3.8) is 0 Å². The van der Waals surface area contributed by atoms with Crippen molar-refractivity contribution < 1.29 is 9.59 Å². The summed E-state index contributed by atoms with van der Waals surface area (Å²) in [6.45, 7) is 2.24. The molecule has 2 aliphatic rings. The van der Waals surface area contributed by atoms with E-state index in [0.717, 1.165) is 22.1 Å². The monoisotopic (exact) mass is 447 g/mol. The van der Waals surface area contributed by atoms with Gasteiger partial charge in [-0.1, -0.05) is 48.2 Å². The molecule has 2 aromatic rings. The van der Waals surface area contributed by atoms with Crippen LogP contribution in [0.1, 0.15) is 30.6 Å². The minimum atomic E-state index is -0.344. The summed E-state index contributed by atoms with van der Waals surface area (Å²) in [4.78, 5) is 38.4. The van der Waals surface area contributed by atoms with E-state index in [2.05, 4.69) is 10.3 Å². The van der Waals surface area contributed by atoms with Gasteiger partial charge < -0.3 is 15.1 Å². The molecule has 164 valence electrons. The number of rotatable bonds is 6. The molecule has 0 spiro atoms. The van der Waals surface area contributed by atoms with Gasteiger partial charge in [0, 0.05) is 26.0 Å². The molecule has 1 aromatic heterocycles. The van der Waals surface area contributed by atoms with E-state index in [1.807, 2.05) is 65.8 Å². The summed E-state index contributed by atoms with van der Waals surface area (Å²) in [7, 11) is 3.48. The van der Waals surface area contributed by atoms with Crippen molar-refractivity contribution in [2.45, 2.75) is 25.9 Å². The van der Waals surface area contributed by atoms with E-state index in [1.54, 1.807) is 25.2 Å². The molecule has 0 aliphatic carbocycles. The van der Waals surface area contributed by atoms with Gasteiger partial charge in [0.25, 0.3) is 5.91 Å². The van der Waals surface area contributed by atoms with Crippen LogP contribution in [-0.4, -0.2) is 45.9 Å². The van der Waals surface area contributed by atoms with E-state index in [0.29, 0.717) is 17.8 Å². The van der Waals surface area contributed by atoms with E-state index in [9.17, 15) is 9.59 Å². The van der Waals surface area contributed by atoms with Crippen molar-refractivity contribution >= 4 is 28.7 Å². The highest BCUT2D eigenvalue weighted by molar-refractivity contribution is 8.16. The van der Waals surface area contributed by atoms with E-state index in [1.165, 1.54) is 11.8 Å². The summed E-state index contributed by atoms with van der Waals surface area (Å²) < 4.78 is 0. The number of thioether (sulfide) groups is 1. The molecule has 3 heterocycles. The van der Waals surface area contributed by atoms with Gasteiger partial charge in [0.2, 0.25) is 5.91 Å². The van der Waals surface area contributed by atoms with Crippen molar-refractivity contribution in [3.8, 4) is 0 Å². The molecular formula is C24H25N5O2S. The number of likely N-dealkylation sites (N-methyl/N-ethyl adjacent to an activating group) is 1. The molecule has 0 saturated carbocycles. The number of carbonyl (C=O) groups is 2. The van der Waals surface area contributed by atoms with Crippen LogP contribution in [-0.2, 0) is 16.1 Å². The number of allylic oxidation sites excluding steroid dienone is 1. The molecule has 1 N–H and O–H groups in total. The first kappa shape index (κ1) is 21.8. The molecule has 1 unspecified atom stereocenters. The highest BCUT2D eigenvalue weighted by Gasteiger charge is 2.40. The second-order valence-corrected chi connectivity index (χ2v) is 8.61. The summed E-state index contributed by atoms with van der Waals surface area (Å²) >= 11 is 1.48. The van der Waals surface area contributed by atoms with Gasteiger partial charge in [0.05, 0.1) is 36.0 Å². The Hall–Kier alpha value is -3.39. The summed E-state index contributed by atoms with van der Waals surface area (Å²) in [5.41, 5.74) is 3.91. The van der Waals surface area contributed by atoms with Crippen LogP contribution < -0.4 is 5.32 Å². The normalized spacial score (nSPS) is 17.5. The molecule has 0 saturated heterocycles. The molecule has 2 aliphatic heterocycles. The zero-order valence-electron chi connectivity index (χ0n) is 18.3. The fourth-order valence-corrected chi connectivity index (χ4v) is 4.72. The number of benzene rings is 1. The van der Waals surface area contributed by atoms with Crippen molar-refractivity contribution in [2.75, 3.05) is 14.1 Å². The van der Waals surface area contributed by atoms with Crippen molar-refractivity contribution in [1.82, 2.24) is 20.1 Å². The molecule has 1 atom stereocenters. The third kappa shape index (κ3) is 4.45. The van der Waals surface area contributed by atoms with Gasteiger partial charge >= 0.3 is 0 Å². The maximum Gasteiger partial charge on any atom is 0.253 e. The van der Waals surface area contributed by atoms with Gasteiger partial charge in [-0.3, -0.25) is 14.6 Å². The van der Waals surface area contributed by atoms with Crippen LogP contribution in [0, 0.1) is 0 Å². The molecular weight excluding hydrogens is 422 g/mol. The van der Waals surface area contributed by atoms with Crippen LogP contribution in [0.25, 0.3) is 0 Å². The zero-order valence-corrected chi connectivity index (χ0v) is 19.1. The Morgan fingerprint density at radius 2 is 1.88 bits per heavy atom. The Morgan fingerprint density at radius 3 is 2.56 bits per heavy atom. The third-order valence-electron chi connectivity index (χ3n) is 5.29. The molecule has 32 heavy (non-hydrogen) atoms. The van der Waals surface area contributed by atoms with Gasteiger partial charge in [-0.25, -0.2) is 4.99 Å². The first-order chi connectivity index (χ1) is 15.5. The number of hydrogen-bond acceptors (Lipinski definition) is 6. The quantitative estimate of drug-likeness (QED) is 0.734. The maximum atomic E-state index is 13.1. The van der Waals surface area contributed by atoms with E-state index in [-0.39, 0.29) is 24.3 Å². The fraction of sp³-hybridized carbons (Fsp3) is 0.250. The van der Waals surface area contributed by atoms with E-state index < -0.39 is 0 Å². The minimum absolute atomic E-state index is 0.0880. The largest absolute Gasteiger partial charge is 0.350 e. The third-order valence-corrected chi connectivity index (χ3v) is 6.18. The number of hydrogen-bond donors (Lipinski definition) is 1. The van der Waals surface area contributed by atoms with Crippen LogP contribution in [0.5, 0.6) is 0 Å². The molecule has 1 aromatic carbocycles. The highest BCUT2D eigenvalue weighted by atomic mass is 32.2. The fourth-order valence-electron chi connectivity index (χ4n) is 3.75. The predicted octanol–water partition coefficient (Wildman–Crippen LogP) is 3.45. The van der Waals surface area contributed by atoms with Crippen LogP contribution in [0.4, 0.5) is 0 Å². The zero-order chi connectivity index (χ0) is 22.7. The summed E-state index contributed by atoms with van der Waals surface area (Å²) in [6, 6.07) is 15.1. The Balaban J connectivity index is 1.60. The number of carbonyl (C=O) groups excluding carboxylic acids is 2. The van der Waals surface area contributed by atoms with E-state index >= 15 is 0 Å². The highest BCUT2D eigenvalue weighted by Crippen LogP contribution is 2.44. The number of aromatic nitrogens is 1. The first-order valence-electron chi connectivity index (χ1n) is 10.3. The minimum Gasteiger partial charge on any atom is -0.350 e. The van der Waals surface area contributed by atoms with E-state index in [4.69, 9.17) is 4.99 Å². The number of nitrogens with zero attached hydrogens (tertiary/aromatic N) is 4. The van der Waals surface area contributed by atoms with Crippen molar-refractivity contribution in [3.05, 3.63) is 88.4 Å². The Morgan fingerprint density at radius 1 is 1.12 bits per heavy atom. The SMILES string of the molecule is CC1=C(C(=O)N(C)C)C(c2ccccc2)N2C(CC(=O)NCc3ccccn3)=CSC2=N1. The average molecular weight is 448 g/mol. The van der Waals surface area contributed by atoms with Crippen LogP contribution in [0.15, 0.2) is 82.1 Å². The Bertz CT molecular complexity index is 1110. The lowest BCUT2D eigenvalue weighted by Gasteiger charge is -2.37. The van der Waals surface area contributed by atoms with Gasteiger partial charge in [0.1, 0.15) is 0 Å². The smallest absolute Gasteiger partial charge is 0.253 e. The number of aliphatic imine (C=N–C) groups is 1. The maximum absolute atomic E-state index is 13.1. The number of fused-ring (bicyclic) bond motifs is 1. The van der Waals surface area contributed by atoms with Gasteiger partial charge in [-0.05, 0) is 30.0 Å². The lowest BCUT2D eigenvalue weighted by molar-refractivity contribution is -0.125. The van der Waals surface area contributed by atoms with Crippen molar-refractivity contribution in [1.29, 1.82) is 0 Å². The summed E-state index contributed by atoms with van der Waals surface area (Å²) in [5.74, 6) is -0.197. The molecule has 4 rings (SSSR count). The molecule has 2 amide bonds. The Kier molecular flexibility index (Phi) is 6.41. The Labute approximate surface area is 191 Å². The first-order valence-corrected chi connectivity index (χ1v) is 11.2. The van der Waals surface area contributed by atoms with Gasteiger partial charge in [-0.2, -0.15) is 0 Å². The number of amides is 2. The van der Waals surface area contributed by atoms with Crippen LogP contribution in [0.3, 0.4) is 0 Å². The van der Waals surface area contributed by atoms with Gasteiger partial charge in [0.15, 0.2) is 5.17 Å². The molecule has 0 bridgehead atoms. The molecule has 7 nitrogen and oxygen atoms in total. The van der Waals surface area contributed by atoms with Gasteiger partial charge in [-0.15, -0.1) is 0 Å². The number of pyridine rings is 1. The summed E-state index contributed by atoms with van der Waals surface area (Å²) in [5, 5.41) is 5.66. The van der Waals surface area contributed by atoms with Crippen LogP contribution >= 0.6 is 11.8 Å². The van der Waals surface area contributed by atoms with Crippen molar-refractivity contribution in [2.24, 2.45) is 4.99 Å². The average Bonchev–Trinajstić information content (AvgIpc) is 3.19.